The van der Waals surface area contributed by atoms with Gasteiger partial charge in [0.1, 0.15) is 6.29 Å². The third-order valence-electron chi connectivity index (χ3n) is 2.32. The molecule has 0 aromatic heterocycles. The van der Waals surface area contributed by atoms with Crippen molar-refractivity contribution in [2.75, 3.05) is 26.8 Å². The Morgan fingerprint density at radius 2 is 2.21 bits per heavy atom. The van der Waals surface area contributed by atoms with Gasteiger partial charge in [0.15, 0.2) is 0 Å². The Kier molecular flexibility index (Phi) is 7.34. The van der Waals surface area contributed by atoms with Crippen molar-refractivity contribution in [1.29, 1.82) is 0 Å². The number of nitrogens with one attached hydrogen (secondary N) is 1. The summed E-state index contributed by atoms with van der Waals surface area (Å²) in [5.74, 6) is 0.299. The van der Waals surface area contributed by atoms with Gasteiger partial charge in [0, 0.05) is 19.1 Å². The van der Waals surface area contributed by atoms with Crippen LogP contribution in [0.2, 0.25) is 0 Å². The van der Waals surface area contributed by atoms with E-state index in [0.717, 1.165) is 26.0 Å². The lowest BCUT2D eigenvalue weighted by Gasteiger charge is -2.23. The Hall–Kier alpha value is -0.670. The maximum Gasteiger partial charge on any atom is 0.127 e. The summed E-state index contributed by atoms with van der Waals surface area (Å²) in [5.41, 5.74) is 0. The molecule has 0 aromatic rings. The molecule has 3 nitrogen and oxygen atoms in total. The molecule has 14 heavy (non-hydrogen) atoms. The van der Waals surface area contributed by atoms with Gasteiger partial charge in [-0.25, -0.2) is 0 Å². The van der Waals surface area contributed by atoms with Crippen LogP contribution in [0.25, 0.3) is 0 Å². The van der Waals surface area contributed by atoms with Crippen molar-refractivity contribution in [2.45, 2.75) is 13.8 Å². The van der Waals surface area contributed by atoms with Gasteiger partial charge in [-0.2, -0.15) is 0 Å². The quantitative estimate of drug-likeness (QED) is 0.360. The Bertz CT molecular complexity index is 163. The normalized spacial score (nSPS) is 15.1. The molecule has 0 fully saturated rings. The number of hydrogen-bond donors (Lipinski definition) is 1. The molecule has 0 aliphatic heterocycles. The molecule has 0 heterocycles. The molecule has 0 saturated carbocycles. The fraction of sp³-hybridized carbons (Fsp3) is 0.727. The summed E-state index contributed by atoms with van der Waals surface area (Å²) < 4.78 is 0. The largest absolute Gasteiger partial charge is 0.305 e. The Morgan fingerprint density at radius 3 is 2.64 bits per heavy atom. The van der Waals surface area contributed by atoms with Crippen LogP contribution in [0.5, 0.6) is 0 Å². The van der Waals surface area contributed by atoms with Gasteiger partial charge in [-0.05, 0) is 19.5 Å². The smallest absolute Gasteiger partial charge is 0.127 e. The second-order valence-corrected chi connectivity index (χ2v) is 3.73. The van der Waals surface area contributed by atoms with E-state index in [1.807, 2.05) is 7.05 Å². The third kappa shape index (κ3) is 5.14. The second-order valence-electron chi connectivity index (χ2n) is 3.73. The fourth-order valence-electron chi connectivity index (χ4n) is 1.40. The number of nitrogens with zero attached hydrogens (tertiary/aromatic N) is 1. The van der Waals surface area contributed by atoms with Crippen LogP contribution < -0.4 is 5.32 Å². The second kappa shape index (κ2) is 7.71. The molecule has 2 atom stereocenters. The molecule has 0 aliphatic rings. The molecule has 0 aromatic carbocycles. The third-order valence-corrected chi connectivity index (χ3v) is 2.32. The van der Waals surface area contributed by atoms with Crippen molar-refractivity contribution in [2.24, 2.45) is 11.8 Å². The predicted molar refractivity (Wildman–Crippen MR) is 60.1 cm³/mol. The summed E-state index contributed by atoms with van der Waals surface area (Å²) in [6, 6.07) is 0. The number of carbonyl (C=O) groups excluding carboxylic acids is 1. The summed E-state index contributed by atoms with van der Waals surface area (Å²) >= 11 is 0. The van der Waals surface area contributed by atoms with Crippen LogP contribution in [-0.4, -0.2) is 38.0 Å². The van der Waals surface area contributed by atoms with Gasteiger partial charge in [-0.3, -0.25) is 4.90 Å². The molecule has 3 heteroatoms. The maximum absolute atomic E-state index is 10.7. The van der Waals surface area contributed by atoms with Crippen LogP contribution in [-0.2, 0) is 4.79 Å². The molecule has 82 valence electrons. The van der Waals surface area contributed by atoms with Gasteiger partial charge in [0.05, 0.1) is 0 Å². The number of aldehydes is 1. The minimum absolute atomic E-state index is 0.0286. The number of carbonyl (C=O) groups is 1. The van der Waals surface area contributed by atoms with Crippen molar-refractivity contribution < 1.29 is 4.79 Å². The molecule has 0 amide bonds. The molecule has 0 bridgehead atoms. The van der Waals surface area contributed by atoms with Gasteiger partial charge in [-0.15, -0.1) is 6.58 Å². The Balaban J connectivity index is 3.84. The zero-order valence-corrected chi connectivity index (χ0v) is 9.49. The van der Waals surface area contributed by atoms with E-state index in [-0.39, 0.29) is 5.92 Å². The molecule has 0 radical (unpaired) electrons. The van der Waals surface area contributed by atoms with Crippen LogP contribution >= 0.6 is 0 Å². The first-order valence-electron chi connectivity index (χ1n) is 5.12. The van der Waals surface area contributed by atoms with Crippen molar-refractivity contribution in [3.63, 3.8) is 0 Å². The van der Waals surface area contributed by atoms with Crippen molar-refractivity contribution in [1.82, 2.24) is 10.2 Å². The molecule has 0 rings (SSSR count). The zero-order chi connectivity index (χ0) is 11.0. The highest BCUT2D eigenvalue weighted by molar-refractivity contribution is 5.56. The lowest BCUT2D eigenvalue weighted by atomic mass is 9.95. The average Bonchev–Trinajstić information content (AvgIpc) is 2.16. The van der Waals surface area contributed by atoms with E-state index in [1.54, 1.807) is 6.08 Å². The van der Waals surface area contributed by atoms with Crippen LogP contribution in [0.4, 0.5) is 0 Å². The monoisotopic (exact) mass is 198 g/mol. The van der Waals surface area contributed by atoms with Gasteiger partial charge in [0.2, 0.25) is 0 Å². The molecular formula is C11H22N2O. The predicted octanol–water partition coefficient (Wildman–Crippen LogP) is 1.12. The first-order valence-corrected chi connectivity index (χ1v) is 5.12. The van der Waals surface area contributed by atoms with E-state index in [2.05, 4.69) is 30.6 Å². The van der Waals surface area contributed by atoms with Crippen LogP contribution in [0, 0.1) is 11.8 Å². The number of allylic oxidation sites excluding steroid dienone is 1. The van der Waals surface area contributed by atoms with E-state index in [1.165, 1.54) is 0 Å². The van der Waals surface area contributed by atoms with Crippen LogP contribution in [0.3, 0.4) is 0 Å². The summed E-state index contributed by atoms with van der Waals surface area (Å²) in [4.78, 5) is 12.8. The standard InChI is InChI=1S/C11H22N2O/c1-5-11(8-14)10(3)7-13(4)9-12-6-2/h5,8,10-12H,1,6-7,9H2,2-4H3. The summed E-state index contributed by atoms with van der Waals surface area (Å²) in [5, 5.41) is 3.24. The minimum atomic E-state index is -0.0286. The van der Waals surface area contributed by atoms with E-state index in [4.69, 9.17) is 0 Å². The lowest BCUT2D eigenvalue weighted by molar-refractivity contribution is -0.111. The van der Waals surface area contributed by atoms with Crippen molar-refractivity contribution >= 4 is 6.29 Å². The highest BCUT2D eigenvalue weighted by atomic mass is 16.1. The maximum atomic E-state index is 10.7. The molecule has 0 saturated heterocycles. The minimum Gasteiger partial charge on any atom is -0.305 e. The van der Waals surface area contributed by atoms with Crippen molar-refractivity contribution in [3.8, 4) is 0 Å². The highest BCUT2D eigenvalue weighted by Crippen LogP contribution is 2.10. The Labute approximate surface area is 87.2 Å². The summed E-state index contributed by atoms with van der Waals surface area (Å²) in [6.45, 7) is 10.5. The fourth-order valence-corrected chi connectivity index (χ4v) is 1.40. The average molecular weight is 198 g/mol. The van der Waals surface area contributed by atoms with E-state index in [9.17, 15) is 4.79 Å². The first kappa shape index (κ1) is 13.3. The van der Waals surface area contributed by atoms with Crippen molar-refractivity contribution in [3.05, 3.63) is 12.7 Å². The summed E-state index contributed by atoms with van der Waals surface area (Å²) in [6.07, 6.45) is 2.69. The van der Waals surface area contributed by atoms with Crippen LogP contribution in [0.1, 0.15) is 13.8 Å². The number of hydrogen-bond acceptors (Lipinski definition) is 3. The van der Waals surface area contributed by atoms with E-state index >= 15 is 0 Å². The first-order chi connectivity index (χ1) is 6.65. The van der Waals surface area contributed by atoms with Gasteiger partial charge >= 0.3 is 0 Å². The summed E-state index contributed by atoms with van der Waals surface area (Å²) in [7, 11) is 2.05. The molecule has 0 aliphatic carbocycles. The topological polar surface area (TPSA) is 32.3 Å². The molecular weight excluding hydrogens is 176 g/mol. The lowest BCUT2D eigenvalue weighted by Crippen LogP contribution is -2.35. The SMILES string of the molecule is C=CC(C=O)C(C)CN(C)CNCC. The highest BCUT2D eigenvalue weighted by Gasteiger charge is 2.14. The van der Waals surface area contributed by atoms with Gasteiger partial charge in [-0.1, -0.05) is 19.9 Å². The number of rotatable bonds is 8. The molecule has 2 unspecified atom stereocenters. The van der Waals surface area contributed by atoms with Crippen LogP contribution in [0.15, 0.2) is 12.7 Å². The molecule has 1 N–H and O–H groups in total. The van der Waals surface area contributed by atoms with E-state index < -0.39 is 0 Å². The molecule has 0 spiro atoms. The van der Waals surface area contributed by atoms with Gasteiger partial charge in [0.25, 0.3) is 0 Å². The Morgan fingerprint density at radius 1 is 1.57 bits per heavy atom. The van der Waals surface area contributed by atoms with Gasteiger partial charge < -0.3 is 10.1 Å². The zero-order valence-electron chi connectivity index (χ0n) is 9.49. The van der Waals surface area contributed by atoms with E-state index in [0.29, 0.717) is 5.92 Å².